The summed E-state index contributed by atoms with van der Waals surface area (Å²) < 4.78 is 23.1. The molecule has 1 N–H and O–H groups in total. The zero-order valence-electron chi connectivity index (χ0n) is 12.5. The summed E-state index contributed by atoms with van der Waals surface area (Å²) in [6, 6.07) is 9.05. The third-order valence-corrected chi connectivity index (χ3v) is 5.45. The average molecular weight is 324 g/mol. The van der Waals surface area contributed by atoms with Crippen LogP contribution in [0.1, 0.15) is 18.9 Å². The fourth-order valence-electron chi connectivity index (χ4n) is 2.53. The molecule has 1 unspecified atom stereocenters. The zero-order valence-corrected chi connectivity index (χ0v) is 13.3. The second-order valence-electron chi connectivity index (χ2n) is 5.47. The van der Waals surface area contributed by atoms with Crippen LogP contribution in [0.5, 0.6) is 0 Å². The van der Waals surface area contributed by atoms with Crippen LogP contribution in [0, 0.1) is 0 Å². The predicted molar refractivity (Wildman–Crippen MR) is 82.7 cm³/mol. The van der Waals surface area contributed by atoms with E-state index in [1.54, 1.807) is 0 Å². The number of carbonyl (C=O) groups excluding carboxylic acids is 2. The summed E-state index contributed by atoms with van der Waals surface area (Å²) in [7, 11) is -3.09. The Hall–Kier alpha value is -1.89. The number of sulfone groups is 1. The van der Waals surface area contributed by atoms with Gasteiger partial charge in [0, 0.05) is 19.5 Å². The van der Waals surface area contributed by atoms with E-state index in [0.29, 0.717) is 13.0 Å². The molecule has 6 nitrogen and oxygen atoms in total. The van der Waals surface area contributed by atoms with E-state index in [2.05, 4.69) is 5.32 Å². The number of nitrogens with zero attached hydrogens (tertiary/aromatic N) is 1. The highest BCUT2D eigenvalue weighted by Crippen LogP contribution is 2.17. The van der Waals surface area contributed by atoms with Crippen molar-refractivity contribution in [3.63, 3.8) is 0 Å². The van der Waals surface area contributed by atoms with Crippen LogP contribution >= 0.6 is 0 Å². The van der Waals surface area contributed by atoms with Crippen molar-refractivity contribution in [1.29, 1.82) is 0 Å². The fraction of sp³-hybridized carbons (Fsp3) is 0.467. The van der Waals surface area contributed by atoms with Crippen LogP contribution in [0.2, 0.25) is 0 Å². The van der Waals surface area contributed by atoms with Crippen molar-refractivity contribution in [2.75, 3.05) is 18.1 Å². The number of hydrogen-bond acceptors (Lipinski definition) is 4. The molecule has 0 radical (unpaired) electrons. The summed E-state index contributed by atoms with van der Waals surface area (Å²) in [5, 5.41) is 2.75. The summed E-state index contributed by atoms with van der Waals surface area (Å²) >= 11 is 0. The van der Waals surface area contributed by atoms with E-state index in [1.807, 2.05) is 30.3 Å². The van der Waals surface area contributed by atoms with Gasteiger partial charge >= 0.3 is 0 Å². The van der Waals surface area contributed by atoms with Crippen LogP contribution in [0.15, 0.2) is 30.3 Å². The van der Waals surface area contributed by atoms with Gasteiger partial charge in [-0.1, -0.05) is 30.3 Å². The van der Waals surface area contributed by atoms with E-state index in [4.69, 9.17) is 0 Å². The van der Waals surface area contributed by atoms with Crippen LogP contribution in [-0.4, -0.2) is 49.2 Å². The van der Waals surface area contributed by atoms with Gasteiger partial charge in [-0.3, -0.25) is 9.59 Å². The number of amides is 2. The normalized spacial score (nSPS) is 19.6. The Morgan fingerprint density at radius 1 is 1.27 bits per heavy atom. The lowest BCUT2D eigenvalue weighted by atomic mass is 10.2. The Morgan fingerprint density at radius 3 is 2.50 bits per heavy atom. The molecule has 0 aromatic heterocycles. The van der Waals surface area contributed by atoms with Crippen molar-refractivity contribution in [3.8, 4) is 0 Å². The number of rotatable bonds is 5. The molecule has 1 atom stereocenters. The van der Waals surface area contributed by atoms with Crippen LogP contribution < -0.4 is 5.32 Å². The first kappa shape index (κ1) is 16.5. The molecular formula is C15H20N2O4S. The van der Waals surface area contributed by atoms with Crippen molar-refractivity contribution >= 4 is 21.7 Å². The first-order chi connectivity index (χ1) is 10.4. The minimum Gasteiger partial charge on any atom is -0.350 e. The molecule has 0 spiro atoms. The highest BCUT2D eigenvalue weighted by Gasteiger charge is 2.34. The van der Waals surface area contributed by atoms with Gasteiger partial charge in [0.25, 0.3) is 0 Å². The Kier molecular flexibility index (Phi) is 5.18. The van der Waals surface area contributed by atoms with Gasteiger partial charge in [0.15, 0.2) is 9.84 Å². The van der Waals surface area contributed by atoms with Gasteiger partial charge in [0.2, 0.25) is 11.8 Å². The molecule has 1 fully saturated rings. The molecule has 0 aliphatic carbocycles. The Morgan fingerprint density at radius 2 is 1.95 bits per heavy atom. The highest BCUT2D eigenvalue weighted by molar-refractivity contribution is 7.91. The van der Waals surface area contributed by atoms with Crippen LogP contribution in [0.25, 0.3) is 0 Å². The maximum Gasteiger partial charge on any atom is 0.239 e. The molecule has 2 amide bonds. The average Bonchev–Trinajstić information content (AvgIpc) is 2.83. The topological polar surface area (TPSA) is 83.6 Å². The van der Waals surface area contributed by atoms with Crippen LogP contribution in [0.3, 0.4) is 0 Å². The van der Waals surface area contributed by atoms with Gasteiger partial charge in [-0.2, -0.15) is 0 Å². The Bertz CT molecular complexity index is 643. The van der Waals surface area contributed by atoms with Crippen molar-refractivity contribution in [1.82, 2.24) is 10.2 Å². The van der Waals surface area contributed by atoms with Gasteiger partial charge in [-0.25, -0.2) is 8.42 Å². The minimum atomic E-state index is -3.09. The van der Waals surface area contributed by atoms with Gasteiger partial charge in [0.1, 0.15) is 0 Å². The molecule has 1 heterocycles. The lowest BCUT2D eigenvalue weighted by Gasteiger charge is -2.26. The van der Waals surface area contributed by atoms with E-state index in [0.717, 1.165) is 5.56 Å². The fourth-order valence-corrected chi connectivity index (χ4v) is 4.26. The molecule has 1 aromatic rings. The zero-order chi connectivity index (χ0) is 16.2. The Labute approximate surface area is 130 Å². The summed E-state index contributed by atoms with van der Waals surface area (Å²) in [5.41, 5.74) is 0.966. The summed E-state index contributed by atoms with van der Waals surface area (Å²) in [6.45, 7) is 1.63. The van der Waals surface area contributed by atoms with Gasteiger partial charge in [-0.05, 0) is 12.0 Å². The molecular weight excluding hydrogens is 304 g/mol. The van der Waals surface area contributed by atoms with E-state index >= 15 is 0 Å². The second kappa shape index (κ2) is 6.91. The second-order valence-corrected chi connectivity index (χ2v) is 7.69. The third kappa shape index (κ3) is 4.56. The van der Waals surface area contributed by atoms with E-state index in [1.165, 1.54) is 11.8 Å². The van der Waals surface area contributed by atoms with Gasteiger partial charge < -0.3 is 10.2 Å². The van der Waals surface area contributed by atoms with Crippen molar-refractivity contribution in [3.05, 3.63) is 35.9 Å². The molecule has 1 aliphatic heterocycles. The van der Waals surface area contributed by atoms with Crippen molar-refractivity contribution < 1.29 is 18.0 Å². The molecule has 1 aromatic carbocycles. The number of hydrogen-bond donors (Lipinski definition) is 1. The molecule has 0 saturated carbocycles. The molecule has 0 bridgehead atoms. The lowest BCUT2D eigenvalue weighted by Crippen LogP contribution is -2.45. The molecule has 7 heteroatoms. The van der Waals surface area contributed by atoms with E-state index in [-0.39, 0.29) is 29.9 Å². The van der Waals surface area contributed by atoms with Crippen molar-refractivity contribution in [2.24, 2.45) is 0 Å². The van der Waals surface area contributed by atoms with E-state index < -0.39 is 15.9 Å². The smallest absolute Gasteiger partial charge is 0.239 e. The van der Waals surface area contributed by atoms with Crippen molar-refractivity contribution in [2.45, 2.75) is 25.9 Å². The molecule has 2 rings (SSSR count). The molecule has 1 saturated heterocycles. The standard InChI is InChI=1S/C15H20N2O4S/c1-12(18)17(14-7-8-22(20,21)11-14)10-15(19)16-9-13-5-3-2-4-6-13/h2-6,14H,7-11H2,1H3,(H,16,19). The maximum absolute atomic E-state index is 12.0. The predicted octanol–water partition coefficient (Wildman–Crippen LogP) is 0.338. The first-order valence-electron chi connectivity index (χ1n) is 7.15. The monoisotopic (exact) mass is 324 g/mol. The summed E-state index contributed by atoms with van der Waals surface area (Å²) in [6.07, 6.45) is 0.397. The molecule has 120 valence electrons. The van der Waals surface area contributed by atoms with Crippen LogP contribution in [-0.2, 0) is 26.0 Å². The number of carbonyl (C=O) groups is 2. The van der Waals surface area contributed by atoms with Gasteiger partial charge in [0.05, 0.1) is 18.1 Å². The quantitative estimate of drug-likeness (QED) is 0.846. The van der Waals surface area contributed by atoms with E-state index in [9.17, 15) is 18.0 Å². The first-order valence-corrected chi connectivity index (χ1v) is 8.98. The molecule has 22 heavy (non-hydrogen) atoms. The van der Waals surface area contributed by atoms with Gasteiger partial charge in [-0.15, -0.1) is 0 Å². The third-order valence-electron chi connectivity index (χ3n) is 3.70. The molecule has 1 aliphatic rings. The summed E-state index contributed by atoms with van der Waals surface area (Å²) in [5.74, 6) is -0.550. The highest BCUT2D eigenvalue weighted by atomic mass is 32.2. The maximum atomic E-state index is 12.0. The number of nitrogens with one attached hydrogen (secondary N) is 1. The minimum absolute atomic E-state index is 0.0570. The SMILES string of the molecule is CC(=O)N(CC(=O)NCc1ccccc1)C1CCS(=O)(=O)C1. The lowest BCUT2D eigenvalue weighted by molar-refractivity contribution is -0.136. The number of benzene rings is 1. The Balaban J connectivity index is 1.91. The largest absolute Gasteiger partial charge is 0.350 e. The van der Waals surface area contributed by atoms with Crippen LogP contribution in [0.4, 0.5) is 0 Å². The summed E-state index contributed by atoms with van der Waals surface area (Å²) in [4.78, 5) is 25.0.